The molecule has 5 N–H and O–H groups in total. The van der Waals surface area contributed by atoms with Gasteiger partial charge in [-0.2, -0.15) is 0 Å². The van der Waals surface area contributed by atoms with Crippen LogP contribution in [0.1, 0.15) is 56.8 Å². The van der Waals surface area contributed by atoms with Crippen LogP contribution >= 0.6 is 0 Å². The van der Waals surface area contributed by atoms with Gasteiger partial charge in [0.2, 0.25) is 0 Å². The number of phenolic OH excluding ortho intramolecular Hbond substituents is 1. The summed E-state index contributed by atoms with van der Waals surface area (Å²) >= 11 is 0. The van der Waals surface area contributed by atoms with Crippen molar-refractivity contribution in [1.29, 1.82) is 0 Å². The predicted molar refractivity (Wildman–Crippen MR) is 203 cm³/mol. The number of carbonyl (C=O) groups excluding carboxylic acids is 1. The van der Waals surface area contributed by atoms with E-state index in [9.17, 15) is 19.8 Å². The first-order chi connectivity index (χ1) is 26.1. The molecule has 6 aromatic carbocycles. The maximum atomic E-state index is 12.7. The molecule has 11 nitrogen and oxygen atoms in total. The van der Waals surface area contributed by atoms with Gasteiger partial charge in [0.1, 0.15) is 35.4 Å². The molecule has 0 aliphatic rings. The Labute approximate surface area is 311 Å². The third-order valence-corrected chi connectivity index (χ3v) is 8.82. The second-order valence-corrected chi connectivity index (χ2v) is 12.8. The number of carbonyl (C=O) groups is 2. The van der Waals surface area contributed by atoms with E-state index in [4.69, 9.17) is 19.6 Å². The Bertz CT molecular complexity index is 2200. The monoisotopic (exact) mass is 726 g/mol. The van der Waals surface area contributed by atoms with Gasteiger partial charge in [0.25, 0.3) is 5.91 Å². The van der Waals surface area contributed by atoms with E-state index in [0.29, 0.717) is 35.3 Å². The van der Waals surface area contributed by atoms with Crippen molar-refractivity contribution in [3.8, 4) is 28.7 Å². The summed E-state index contributed by atoms with van der Waals surface area (Å²) in [4.78, 5) is 34.1. The Morgan fingerprint density at radius 3 is 1.59 bits per heavy atom. The van der Waals surface area contributed by atoms with Crippen LogP contribution in [0.15, 0.2) is 140 Å². The topological polar surface area (TPSA) is 156 Å². The van der Waals surface area contributed by atoms with Crippen LogP contribution in [0.5, 0.6) is 28.7 Å². The second kappa shape index (κ2) is 16.8. The summed E-state index contributed by atoms with van der Waals surface area (Å²) in [6, 6.07) is 41.0. The third kappa shape index (κ3) is 9.22. The molecular weight excluding hydrogens is 688 g/mol. The normalized spacial score (nSPS) is 11.1. The highest BCUT2D eigenvalue weighted by atomic mass is 17.1. The molecule has 0 fully saturated rings. The molecule has 0 unspecified atom stereocenters. The van der Waals surface area contributed by atoms with Crippen molar-refractivity contribution in [2.24, 2.45) is 0 Å². The van der Waals surface area contributed by atoms with Gasteiger partial charge in [-0.05, 0) is 113 Å². The smallest absolute Gasteiger partial charge is 0.336 e. The van der Waals surface area contributed by atoms with Crippen LogP contribution < -0.4 is 20.3 Å². The first-order valence-corrected chi connectivity index (χ1v) is 16.9. The maximum Gasteiger partial charge on any atom is 0.336 e. The van der Waals surface area contributed by atoms with Crippen LogP contribution in [0.4, 0.5) is 11.4 Å². The van der Waals surface area contributed by atoms with E-state index >= 15 is 0 Å². The van der Waals surface area contributed by atoms with Crippen LogP contribution in [0, 0.1) is 0 Å². The minimum Gasteiger partial charge on any atom is -0.508 e. The number of nitrogens with one attached hydrogen (secondary N) is 2. The van der Waals surface area contributed by atoms with Crippen molar-refractivity contribution >= 4 is 23.3 Å². The molecule has 0 heterocycles. The fraction of sp³-hybridized carbons (Fsp3) is 0.116. The van der Waals surface area contributed by atoms with Crippen molar-refractivity contribution in [2.45, 2.75) is 32.5 Å². The van der Waals surface area contributed by atoms with E-state index in [-0.39, 0.29) is 28.9 Å². The fourth-order valence-electron chi connectivity index (χ4n) is 5.73. The van der Waals surface area contributed by atoms with E-state index in [0.717, 1.165) is 34.0 Å². The van der Waals surface area contributed by atoms with Gasteiger partial charge < -0.3 is 25.0 Å². The van der Waals surface area contributed by atoms with Crippen molar-refractivity contribution in [3.05, 3.63) is 173 Å². The summed E-state index contributed by atoms with van der Waals surface area (Å²) in [6.07, 6.45) is 0. The number of benzene rings is 6. The molecule has 0 radical (unpaired) electrons. The molecule has 0 bridgehead atoms. The van der Waals surface area contributed by atoms with Crippen LogP contribution in [0.25, 0.3) is 0 Å². The number of amides is 1. The largest absolute Gasteiger partial charge is 0.508 e. The molecule has 0 aliphatic heterocycles. The van der Waals surface area contributed by atoms with Crippen molar-refractivity contribution in [2.75, 3.05) is 10.8 Å². The number of rotatable bonds is 15. The quantitative estimate of drug-likeness (QED) is 0.0510. The predicted octanol–water partition coefficient (Wildman–Crippen LogP) is 9.79. The molecule has 6 aromatic rings. The van der Waals surface area contributed by atoms with Gasteiger partial charge in [-0.15, -0.1) is 0 Å². The highest BCUT2D eigenvalue weighted by Crippen LogP contribution is 2.35. The zero-order chi connectivity index (χ0) is 38.1. The van der Waals surface area contributed by atoms with Crippen molar-refractivity contribution in [3.63, 3.8) is 0 Å². The van der Waals surface area contributed by atoms with Gasteiger partial charge in [-0.1, -0.05) is 62.4 Å². The molecule has 0 saturated carbocycles. The lowest BCUT2D eigenvalue weighted by molar-refractivity contribution is -0.253. The highest BCUT2D eigenvalue weighted by molar-refractivity contribution is 6.11. The van der Waals surface area contributed by atoms with Gasteiger partial charge in [-0.3, -0.25) is 20.4 Å². The average molecular weight is 727 g/mol. The summed E-state index contributed by atoms with van der Waals surface area (Å²) in [5.74, 6) is 0.419. The fourth-order valence-corrected chi connectivity index (χ4v) is 5.73. The summed E-state index contributed by atoms with van der Waals surface area (Å²) in [5.41, 5.74) is 7.37. The Balaban J connectivity index is 1.00. The standard InChI is InChI=1S/C43H38N2O9/c1-43(2,31-9-18-36(19-10-31)54-38-22-13-33(14-23-38)45-51-26-28-5-3-4-6-29(28)27-52-50)30-7-16-35(17-8-30)53-37-20-11-32(12-21-37)44-41(47)40-25-34(46)15-24-39(40)42(48)49/h3-25,45-46,50H,26-27H2,1-2H3,(H,44,47)(H,48,49). The minimum atomic E-state index is -1.27. The minimum absolute atomic E-state index is 0.0871. The Morgan fingerprint density at radius 1 is 0.611 bits per heavy atom. The van der Waals surface area contributed by atoms with Gasteiger partial charge in [-0.25, -0.2) is 9.68 Å². The van der Waals surface area contributed by atoms with Crippen LogP contribution in [-0.4, -0.2) is 27.3 Å². The van der Waals surface area contributed by atoms with Gasteiger partial charge in [0.05, 0.1) is 23.4 Å². The van der Waals surface area contributed by atoms with Crippen LogP contribution in [0.3, 0.4) is 0 Å². The van der Waals surface area contributed by atoms with Gasteiger partial charge >= 0.3 is 5.97 Å². The molecule has 11 heteroatoms. The lowest BCUT2D eigenvalue weighted by Gasteiger charge is -2.26. The number of ether oxygens (including phenoxy) is 2. The molecule has 0 aliphatic carbocycles. The van der Waals surface area contributed by atoms with E-state index in [1.165, 1.54) is 12.1 Å². The summed E-state index contributed by atoms with van der Waals surface area (Å²) in [7, 11) is 0. The molecule has 0 saturated heterocycles. The molecule has 0 spiro atoms. The maximum absolute atomic E-state index is 12.7. The highest BCUT2D eigenvalue weighted by Gasteiger charge is 2.23. The zero-order valence-electron chi connectivity index (χ0n) is 29.5. The van der Waals surface area contributed by atoms with Crippen LogP contribution in [0.2, 0.25) is 0 Å². The van der Waals surface area contributed by atoms with Crippen molar-refractivity contribution < 1.29 is 44.3 Å². The molecule has 54 heavy (non-hydrogen) atoms. The van der Waals surface area contributed by atoms with Crippen LogP contribution in [-0.2, 0) is 28.4 Å². The Hall–Kier alpha value is -6.66. The molecule has 274 valence electrons. The molecular formula is C43H38N2O9. The average Bonchev–Trinajstić information content (AvgIpc) is 3.17. The summed E-state index contributed by atoms with van der Waals surface area (Å²) < 4.78 is 12.1. The molecule has 1 amide bonds. The summed E-state index contributed by atoms with van der Waals surface area (Å²) in [6.45, 7) is 4.68. The Kier molecular flexibility index (Phi) is 11.5. The van der Waals surface area contributed by atoms with Gasteiger partial charge in [0.15, 0.2) is 0 Å². The molecule has 0 atom stereocenters. The van der Waals surface area contributed by atoms with E-state index in [1.807, 2.05) is 97.1 Å². The van der Waals surface area contributed by atoms with E-state index in [1.54, 1.807) is 24.3 Å². The SMILES string of the molecule is CC(C)(c1ccc(Oc2ccc(NOCc3ccccc3COO)cc2)cc1)c1ccc(Oc2ccc(NC(=O)c3cc(O)ccc3C(=O)O)cc2)cc1. The lowest BCUT2D eigenvalue weighted by Crippen LogP contribution is -2.18. The number of carboxylic acids is 1. The number of hydrogen-bond donors (Lipinski definition) is 5. The molecule has 6 rings (SSSR count). The Morgan fingerprint density at radius 2 is 1.09 bits per heavy atom. The van der Waals surface area contributed by atoms with E-state index in [2.05, 4.69) is 29.5 Å². The van der Waals surface area contributed by atoms with E-state index < -0.39 is 11.9 Å². The number of aromatic carboxylic acids is 1. The summed E-state index contributed by atoms with van der Waals surface area (Å²) in [5, 5.41) is 30.6. The van der Waals surface area contributed by atoms with Crippen molar-refractivity contribution in [1.82, 2.24) is 0 Å². The number of aromatic hydroxyl groups is 1. The third-order valence-electron chi connectivity index (χ3n) is 8.82. The number of hydrogen-bond acceptors (Lipinski definition) is 9. The number of carboxylic acid groups (broad SMARTS) is 1. The van der Waals surface area contributed by atoms with Gasteiger partial charge in [0, 0.05) is 11.1 Å². The second-order valence-electron chi connectivity index (χ2n) is 12.8. The molecule has 0 aromatic heterocycles. The zero-order valence-corrected chi connectivity index (χ0v) is 29.5. The first-order valence-electron chi connectivity index (χ1n) is 16.9. The number of phenols is 1. The first kappa shape index (κ1) is 37.1. The number of anilines is 2. The lowest BCUT2D eigenvalue weighted by atomic mass is 9.78.